The van der Waals surface area contributed by atoms with E-state index in [-0.39, 0.29) is 5.79 Å². The highest BCUT2D eigenvalue weighted by atomic mass is 16.7. The van der Waals surface area contributed by atoms with Crippen molar-refractivity contribution in [2.75, 3.05) is 27.3 Å². The second-order valence-electron chi connectivity index (χ2n) is 3.40. The summed E-state index contributed by atoms with van der Waals surface area (Å²) in [5, 5.41) is 3.33. The van der Waals surface area contributed by atoms with Gasteiger partial charge in [0.2, 0.25) is 0 Å². The molecule has 0 radical (unpaired) electrons. The minimum Gasteiger partial charge on any atom is -0.353 e. The van der Waals surface area contributed by atoms with E-state index in [1.54, 1.807) is 14.2 Å². The predicted octanol–water partition coefficient (Wildman–Crippen LogP) is 0.995. The van der Waals surface area contributed by atoms with E-state index in [9.17, 15) is 0 Å². The Morgan fingerprint density at radius 2 is 1.92 bits per heavy atom. The fourth-order valence-corrected chi connectivity index (χ4v) is 1.73. The lowest BCUT2D eigenvalue weighted by Crippen LogP contribution is -2.50. The Morgan fingerprint density at radius 3 is 2.33 bits per heavy atom. The highest BCUT2D eigenvalue weighted by Crippen LogP contribution is 2.40. The van der Waals surface area contributed by atoms with Crippen LogP contribution in [0.15, 0.2) is 0 Å². The van der Waals surface area contributed by atoms with Crippen molar-refractivity contribution in [3.05, 3.63) is 0 Å². The van der Waals surface area contributed by atoms with Crippen LogP contribution in [0.3, 0.4) is 0 Å². The van der Waals surface area contributed by atoms with Crippen LogP contribution in [0, 0.1) is 5.92 Å². The highest BCUT2D eigenvalue weighted by Gasteiger charge is 2.44. The van der Waals surface area contributed by atoms with Gasteiger partial charge in [-0.1, -0.05) is 6.92 Å². The van der Waals surface area contributed by atoms with Gasteiger partial charge in [0.25, 0.3) is 0 Å². The van der Waals surface area contributed by atoms with Crippen LogP contribution < -0.4 is 5.32 Å². The molecule has 0 saturated heterocycles. The van der Waals surface area contributed by atoms with Gasteiger partial charge in [0, 0.05) is 27.1 Å². The predicted molar refractivity (Wildman–Crippen MR) is 48.0 cm³/mol. The maximum atomic E-state index is 5.28. The SMILES string of the molecule is CCNCC1CC(OC)(OC)C1. The Morgan fingerprint density at radius 1 is 1.33 bits per heavy atom. The van der Waals surface area contributed by atoms with Gasteiger partial charge in [-0.2, -0.15) is 0 Å². The molecule has 0 unspecified atom stereocenters. The summed E-state index contributed by atoms with van der Waals surface area (Å²) in [4.78, 5) is 0. The zero-order chi connectivity index (χ0) is 9.03. The molecule has 12 heavy (non-hydrogen) atoms. The quantitative estimate of drug-likeness (QED) is 0.629. The van der Waals surface area contributed by atoms with Gasteiger partial charge in [0.15, 0.2) is 5.79 Å². The summed E-state index contributed by atoms with van der Waals surface area (Å²) in [5.41, 5.74) is 0. The number of hydrogen-bond donors (Lipinski definition) is 1. The number of nitrogens with one attached hydrogen (secondary N) is 1. The molecule has 1 rings (SSSR count). The third kappa shape index (κ3) is 1.97. The van der Waals surface area contributed by atoms with Gasteiger partial charge < -0.3 is 14.8 Å². The molecule has 1 N–H and O–H groups in total. The Kier molecular flexibility index (Phi) is 3.50. The first-order valence-corrected chi connectivity index (χ1v) is 4.57. The molecule has 0 atom stereocenters. The topological polar surface area (TPSA) is 30.5 Å². The number of ether oxygens (including phenoxy) is 2. The molecule has 1 aliphatic carbocycles. The Labute approximate surface area is 74.4 Å². The van der Waals surface area contributed by atoms with E-state index < -0.39 is 0 Å². The van der Waals surface area contributed by atoms with Crippen LogP contribution in [0.1, 0.15) is 19.8 Å². The Hall–Kier alpha value is -0.120. The third-order valence-electron chi connectivity index (χ3n) is 2.63. The average molecular weight is 173 g/mol. The second kappa shape index (κ2) is 4.21. The van der Waals surface area contributed by atoms with Crippen LogP contribution in [0.25, 0.3) is 0 Å². The maximum Gasteiger partial charge on any atom is 0.168 e. The summed E-state index contributed by atoms with van der Waals surface area (Å²) >= 11 is 0. The molecule has 0 heterocycles. The standard InChI is InChI=1S/C9H19NO2/c1-4-10-7-8-5-9(6-8,11-2)12-3/h8,10H,4-7H2,1-3H3. The Balaban J connectivity index is 2.16. The van der Waals surface area contributed by atoms with Crippen LogP contribution in [-0.4, -0.2) is 33.1 Å². The minimum atomic E-state index is -0.264. The molecular weight excluding hydrogens is 154 g/mol. The van der Waals surface area contributed by atoms with Crippen molar-refractivity contribution in [1.29, 1.82) is 0 Å². The monoisotopic (exact) mass is 173 g/mol. The smallest absolute Gasteiger partial charge is 0.168 e. The van der Waals surface area contributed by atoms with Crippen molar-refractivity contribution in [3.63, 3.8) is 0 Å². The number of rotatable bonds is 5. The average Bonchev–Trinajstić information content (AvgIpc) is 2.04. The zero-order valence-electron chi connectivity index (χ0n) is 8.22. The highest BCUT2D eigenvalue weighted by molar-refractivity contribution is 4.88. The number of hydrogen-bond acceptors (Lipinski definition) is 3. The molecule has 0 aliphatic heterocycles. The van der Waals surface area contributed by atoms with E-state index in [1.165, 1.54) is 0 Å². The summed E-state index contributed by atoms with van der Waals surface area (Å²) in [5.74, 6) is 0.463. The molecule has 1 aliphatic rings. The molecule has 0 bridgehead atoms. The molecule has 0 aromatic rings. The van der Waals surface area contributed by atoms with Gasteiger partial charge >= 0.3 is 0 Å². The van der Waals surface area contributed by atoms with Gasteiger partial charge in [-0.05, 0) is 19.0 Å². The van der Waals surface area contributed by atoms with E-state index in [0.29, 0.717) is 0 Å². The van der Waals surface area contributed by atoms with Crippen LogP contribution in [0.4, 0.5) is 0 Å². The van der Waals surface area contributed by atoms with E-state index >= 15 is 0 Å². The number of methoxy groups -OCH3 is 2. The third-order valence-corrected chi connectivity index (χ3v) is 2.63. The van der Waals surface area contributed by atoms with Crippen LogP contribution in [-0.2, 0) is 9.47 Å². The summed E-state index contributed by atoms with van der Waals surface area (Å²) in [6, 6.07) is 0. The summed E-state index contributed by atoms with van der Waals surface area (Å²) in [6.45, 7) is 4.26. The van der Waals surface area contributed by atoms with Crippen molar-refractivity contribution in [3.8, 4) is 0 Å². The van der Waals surface area contributed by atoms with Crippen LogP contribution in [0.2, 0.25) is 0 Å². The van der Waals surface area contributed by atoms with Gasteiger partial charge in [0.1, 0.15) is 0 Å². The maximum absolute atomic E-state index is 5.28. The summed E-state index contributed by atoms with van der Waals surface area (Å²) in [6.07, 6.45) is 2.04. The molecule has 3 heteroatoms. The fourth-order valence-electron chi connectivity index (χ4n) is 1.73. The zero-order valence-corrected chi connectivity index (χ0v) is 8.22. The molecule has 3 nitrogen and oxygen atoms in total. The molecule has 0 aromatic carbocycles. The minimum absolute atomic E-state index is 0.264. The first kappa shape index (κ1) is 9.96. The second-order valence-corrected chi connectivity index (χ2v) is 3.40. The molecule has 1 fully saturated rings. The van der Waals surface area contributed by atoms with Crippen molar-refractivity contribution < 1.29 is 9.47 Å². The van der Waals surface area contributed by atoms with E-state index in [2.05, 4.69) is 12.2 Å². The van der Waals surface area contributed by atoms with Crippen molar-refractivity contribution in [1.82, 2.24) is 5.32 Å². The first-order chi connectivity index (χ1) is 5.76. The van der Waals surface area contributed by atoms with Crippen LogP contribution >= 0.6 is 0 Å². The largest absolute Gasteiger partial charge is 0.353 e. The van der Waals surface area contributed by atoms with Crippen molar-refractivity contribution in [2.24, 2.45) is 5.92 Å². The normalized spacial score (nSPS) is 22.2. The van der Waals surface area contributed by atoms with Gasteiger partial charge in [-0.25, -0.2) is 0 Å². The lowest BCUT2D eigenvalue weighted by Gasteiger charge is -2.45. The molecule has 0 spiro atoms. The molecular formula is C9H19NO2. The van der Waals surface area contributed by atoms with Gasteiger partial charge in [-0.3, -0.25) is 0 Å². The van der Waals surface area contributed by atoms with E-state index in [4.69, 9.17) is 9.47 Å². The lowest BCUT2D eigenvalue weighted by atomic mass is 9.78. The first-order valence-electron chi connectivity index (χ1n) is 4.57. The summed E-state index contributed by atoms with van der Waals surface area (Å²) < 4.78 is 10.6. The van der Waals surface area contributed by atoms with Crippen molar-refractivity contribution in [2.45, 2.75) is 25.6 Å². The molecule has 0 aromatic heterocycles. The van der Waals surface area contributed by atoms with Crippen molar-refractivity contribution >= 4 is 0 Å². The fraction of sp³-hybridized carbons (Fsp3) is 1.00. The summed E-state index contributed by atoms with van der Waals surface area (Å²) in [7, 11) is 3.43. The van der Waals surface area contributed by atoms with Gasteiger partial charge in [0.05, 0.1) is 0 Å². The van der Waals surface area contributed by atoms with Crippen LogP contribution in [0.5, 0.6) is 0 Å². The Bertz CT molecular complexity index is 126. The molecule has 1 saturated carbocycles. The van der Waals surface area contributed by atoms with Gasteiger partial charge in [-0.15, -0.1) is 0 Å². The van der Waals surface area contributed by atoms with E-state index in [1.807, 2.05) is 0 Å². The lowest BCUT2D eigenvalue weighted by molar-refractivity contribution is -0.269. The van der Waals surface area contributed by atoms with E-state index in [0.717, 1.165) is 31.8 Å². The molecule has 0 amide bonds. The molecule has 72 valence electrons.